The third kappa shape index (κ3) is 12.5. The van der Waals surface area contributed by atoms with Gasteiger partial charge in [0.05, 0.1) is 0 Å². The maximum atomic E-state index is 11.9. The third-order valence-corrected chi connectivity index (χ3v) is 3.81. The Hall–Kier alpha value is -2.32. The van der Waals surface area contributed by atoms with E-state index in [1.807, 2.05) is 27.7 Å². The van der Waals surface area contributed by atoms with Crippen molar-refractivity contribution in [3.63, 3.8) is 0 Å². The summed E-state index contributed by atoms with van der Waals surface area (Å²) in [6, 6.07) is 5.76. The van der Waals surface area contributed by atoms with Crippen molar-refractivity contribution in [3.8, 4) is 11.5 Å². The maximum Gasteiger partial charge on any atom is 0.546 e. The quantitative estimate of drug-likeness (QED) is 0.179. The van der Waals surface area contributed by atoms with Gasteiger partial charge in [-0.2, -0.15) is 9.78 Å². The van der Waals surface area contributed by atoms with Crippen LogP contribution >= 0.6 is 0 Å². The summed E-state index contributed by atoms with van der Waals surface area (Å²) >= 11 is 0. The van der Waals surface area contributed by atoms with Crippen LogP contribution in [0.3, 0.4) is 0 Å². The average Bonchev–Trinajstić information content (AvgIpc) is 2.56. The fourth-order valence-corrected chi connectivity index (χ4v) is 3.71. The van der Waals surface area contributed by atoms with Gasteiger partial charge in [0.25, 0.3) is 0 Å². The minimum Gasteiger partial charge on any atom is -0.393 e. The topological polar surface area (TPSA) is 89.5 Å². The average molecular weight is 455 g/mol. The van der Waals surface area contributed by atoms with Crippen LogP contribution in [0.15, 0.2) is 24.3 Å². The molecule has 8 heteroatoms. The molecular formula is C24H38O8. The first-order valence-corrected chi connectivity index (χ1v) is 10.6. The molecule has 0 radical (unpaired) electrons. The SMILES string of the molecule is CC(C)(C)CC(C)(C)OOC(=O)Oc1ccc(OC(=O)OOC(C)(C)CC(C)(C)C)cc1. The van der Waals surface area contributed by atoms with E-state index in [9.17, 15) is 9.59 Å². The number of ether oxygens (including phenoxy) is 2. The first-order chi connectivity index (χ1) is 14.4. The molecule has 0 saturated carbocycles. The highest BCUT2D eigenvalue weighted by Gasteiger charge is 2.30. The number of benzene rings is 1. The molecule has 8 nitrogen and oxygen atoms in total. The molecule has 0 spiro atoms. The molecule has 0 aliphatic rings. The van der Waals surface area contributed by atoms with Gasteiger partial charge in [0.15, 0.2) is 0 Å². The van der Waals surface area contributed by atoms with Gasteiger partial charge < -0.3 is 9.47 Å². The number of hydrogen-bond donors (Lipinski definition) is 0. The van der Waals surface area contributed by atoms with E-state index < -0.39 is 23.5 Å². The summed E-state index contributed by atoms with van der Waals surface area (Å²) in [6.07, 6.45) is -0.664. The third-order valence-electron chi connectivity index (χ3n) is 3.81. The molecule has 0 saturated heterocycles. The van der Waals surface area contributed by atoms with Crippen molar-refractivity contribution in [2.75, 3.05) is 0 Å². The van der Waals surface area contributed by atoms with Gasteiger partial charge in [0.2, 0.25) is 0 Å². The van der Waals surface area contributed by atoms with Gasteiger partial charge in [-0.1, -0.05) is 41.5 Å². The van der Waals surface area contributed by atoms with Crippen LogP contribution in [0.5, 0.6) is 11.5 Å². The zero-order chi connectivity index (χ0) is 24.8. The summed E-state index contributed by atoms with van der Waals surface area (Å²) in [5.74, 6) is 0.381. The van der Waals surface area contributed by atoms with Crippen LogP contribution < -0.4 is 9.47 Å². The highest BCUT2D eigenvalue weighted by Crippen LogP contribution is 2.31. The molecule has 1 rings (SSSR count). The van der Waals surface area contributed by atoms with Gasteiger partial charge >= 0.3 is 12.3 Å². The normalized spacial score (nSPS) is 12.8. The fraction of sp³-hybridized carbons (Fsp3) is 0.667. The predicted molar refractivity (Wildman–Crippen MR) is 119 cm³/mol. The van der Waals surface area contributed by atoms with Crippen molar-refractivity contribution in [1.82, 2.24) is 0 Å². The largest absolute Gasteiger partial charge is 0.546 e. The molecule has 0 amide bonds. The molecule has 1 aromatic rings. The second-order valence-electron chi connectivity index (χ2n) is 11.5. The van der Waals surface area contributed by atoms with E-state index >= 15 is 0 Å². The molecule has 0 aromatic heterocycles. The molecule has 0 N–H and O–H groups in total. The van der Waals surface area contributed by atoms with Crippen LogP contribution in [0, 0.1) is 10.8 Å². The smallest absolute Gasteiger partial charge is 0.393 e. The number of hydrogen-bond acceptors (Lipinski definition) is 8. The van der Waals surface area contributed by atoms with Crippen LogP contribution in [0.1, 0.15) is 82.1 Å². The van der Waals surface area contributed by atoms with Gasteiger partial charge in [-0.15, -0.1) is 0 Å². The maximum absolute atomic E-state index is 11.9. The molecule has 0 bridgehead atoms. The van der Waals surface area contributed by atoms with Gasteiger partial charge in [0, 0.05) is 0 Å². The van der Waals surface area contributed by atoms with Crippen molar-refractivity contribution in [3.05, 3.63) is 24.3 Å². The Kier molecular flexibility index (Phi) is 9.12. The van der Waals surface area contributed by atoms with E-state index in [1.54, 1.807) is 0 Å². The van der Waals surface area contributed by atoms with Crippen LogP contribution in [-0.4, -0.2) is 23.5 Å². The van der Waals surface area contributed by atoms with Gasteiger partial charge in [-0.3, -0.25) is 9.78 Å². The molecular weight excluding hydrogens is 416 g/mol. The summed E-state index contributed by atoms with van der Waals surface area (Å²) in [5, 5.41) is 0. The molecule has 0 heterocycles. The Balaban J connectivity index is 2.49. The van der Waals surface area contributed by atoms with E-state index in [0.717, 1.165) is 0 Å². The minimum absolute atomic E-state index is 0.00112. The van der Waals surface area contributed by atoms with Gasteiger partial charge in [0.1, 0.15) is 22.7 Å². The van der Waals surface area contributed by atoms with Crippen molar-refractivity contribution in [2.24, 2.45) is 10.8 Å². The fourth-order valence-electron chi connectivity index (χ4n) is 3.71. The Morgan fingerprint density at radius 1 is 0.594 bits per heavy atom. The van der Waals surface area contributed by atoms with Crippen molar-refractivity contribution in [1.29, 1.82) is 0 Å². The molecule has 1 aromatic carbocycles. The summed E-state index contributed by atoms with van der Waals surface area (Å²) in [7, 11) is 0. The summed E-state index contributed by atoms with van der Waals surface area (Å²) in [5.41, 5.74) is -1.33. The predicted octanol–water partition coefficient (Wildman–Crippen LogP) is 7.01. The van der Waals surface area contributed by atoms with Crippen LogP contribution in [0.4, 0.5) is 9.59 Å². The molecule has 182 valence electrons. The van der Waals surface area contributed by atoms with E-state index in [2.05, 4.69) is 41.5 Å². The van der Waals surface area contributed by atoms with Crippen LogP contribution in [0.25, 0.3) is 0 Å². The summed E-state index contributed by atoms with van der Waals surface area (Å²) in [6.45, 7) is 19.7. The molecule has 32 heavy (non-hydrogen) atoms. The van der Waals surface area contributed by atoms with E-state index in [0.29, 0.717) is 12.8 Å². The number of carbonyl (C=O) groups is 2. The molecule has 0 atom stereocenters. The number of carbonyl (C=O) groups excluding carboxylic acids is 2. The zero-order valence-corrected chi connectivity index (χ0v) is 21.0. The highest BCUT2D eigenvalue weighted by molar-refractivity contribution is 5.64. The standard InChI is InChI=1S/C24H38O8/c1-21(2,3)15-23(7,8)31-29-19(25)27-17-11-13-18(14-12-17)28-20(26)30-32-24(9,10)16-22(4,5)6/h11-14H,15-16H2,1-10H3. The second kappa shape index (κ2) is 10.5. The first kappa shape index (κ1) is 27.7. The van der Waals surface area contributed by atoms with Gasteiger partial charge in [-0.25, -0.2) is 9.59 Å². The molecule has 0 fully saturated rings. The lowest BCUT2D eigenvalue weighted by Crippen LogP contribution is -2.32. The number of rotatable bonds is 8. The van der Waals surface area contributed by atoms with Crippen LogP contribution in [0.2, 0.25) is 0 Å². The second-order valence-corrected chi connectivity index (χ2v) is 11.5. The monoisotopic (exact) mass is 454 g/mol. The first-order valence-electron chi connectivity index (χ1n) is 10.6. The Morgan fingerprint density at radius 2 is 0.875 bits per heavy atom. The Morgan fingerprint density at radius 3 is 1.12 bits per heavy atom. The van der Waals surface area contributed by atoms with Gasteiger partial charge in [-0.05, 0) is 75.6 Å². The minimum atomic E-state index is -1.01. The van der Waals surface area contributed by atoms with E-state index in [-0.39, 0.29) is 22.3 Å². The lowest BCUT2D eigenvalue weighted by Gasteiger charge is -2.30. The van der Waals surface area contributed by atoms with Crippen molar-refractivity contribution < 1.29 is 38.6 Å². The lowest BCUT2D eigenvalue weighted by molar-refractivity contribution is -0.318. The molecule has 0 aliphatic heterocycles. The molecule has 0 aliphatic carbocycles. The summed E-state index contributed by atoms with van der Waals surface area (Å²) < 4.78 is 10.1. The Labute approximate surface area is 191 Å². The highest BCUT2D eigenvalue weighted by atomic mass is 17.2. The lowest BCUT2D eigenvalue weighted by atomic mass is 9.84. The zero-order valence-electron chi connectivity index (χ0n) is 21.0. The van der Waals surface area contributed by atoms with Crippen molar-refractivity contribution in [2.45, 2.75) is 93.3 Å². The Bertz CT molecular complexity index is 687. The summed E-state index contributed by atoms with van der Waals surface area (Å²) in [4.78, 5) is 43.7. The molecule has 0 unspecified atom stereocenters. The van der Waals surface area contributed by atoms with Crippen molar-refractivity contribution >= 4 is 12.3 Å². The van der Waals surface area contributed by atoms with Crippen LogP contribution in [-0.2, 0) is 19.6 Å². The van der Waals surface area contributed by atoms with E-state index in [4.69, 9.17) is 29.0 Å². The van der Waals surface area contributed by atoms with E-state index in [1.165, 1.54) is 24.3 Å².